The lowest BCUT2D eigenvalue weighted by Gasteiger charge is -2.01. The highest BCUT2D eigenvalue weighted by atomic mass is 15.3. The minimum atomic E-state index is -0.380. The normalized spacial score (nSPS) is 11.1. The number of aromatic nitrogens is 2. The number of nitrogens with two attached hydrogens (primary N) is 1. The lowest BCUT2D eigenvalue weighted by molar-refractivity contribution is 1.32. The highest BCUT2D eigenvalue weighted by Crippen LogP contribution is 2.19. The first-order chi connectivity index (χ1) is 8.22. The number of imidazole rings is 1. The average molecular weight is 227 g/mol. The van der Waals surface area contributed by atoms with Crippen LogP contribution in [0.4, 0.5) is 5.69 Å². The number of benzene rings is 1. The van der Waals surface area contributed by atoms with Crippen LogP contribution in [0.2, 0.25) is 0 Å². The molecule has 84 valence electrons. The molecule has 1 aromatic carbocycles. The van der Waals surface area contributed by atoms with Gasteiger partial charge in [-0.25, -0.2) is 4.98 Å². The fourth-order valence-electron chi connectivity index (χ4n) is 1.32. The van der Waals surface area contributed by atoms with Crippen LogP contribution in [0.15, 0.2) is 29.6 Å². The summed E-state index contributed by atoms with van der Waals surface area (Å²) in [5.74, 6) is -0.380. The topological polar surface area (TPSA) is 127 Å². The highest BCUT2D eigenvalue weighted by Gasteiger charge is 2.04. The fraction of sp³-hybridized carbons (Fsp3) is 0. The second-order valence-electron chi connectivity index (χ2n) is 3.20. The molecule has 0 radical (unpaired) electrons. The van der Waals surface area contributed by atoms with E-state index in [1.807, 2.05) is 12.1 Å². The third-order valence-corrected chi connectivity index (χ3v) is 2.10. The number of H-pyrrole nitrogens is 1. The smallest absolute Gasteiger partial charge is 0.201 e. The Bertz CT molecular complexity index is 631. The van der Waals surface area contributed by atoms with Gasteiger partial charge in [-0.1, -0.05) is 6.07 Å². The van der Waals surface area contributed by atoms with E-state index >= 15 is 0 Å². The number of anilines is 1. The van der Waals surface area contributed by atoms with Gasteiger partial charge in [0.25, 0.3) is 0 Å². The third kappa shape index (κ3) is 2.05. The van der Waals surface area contributed by atoms with Gasteiger partial charge in [-0.05, 0) is 12.1 Å². The van der Waals surface area contributed by atoms with E-state index in [2.05, 4.69) is 20.5 Å². The molecular formula is C10H9N7. The monoisotopic (exact) mass is 227 g/mol. The summed E-state index contributed by atoms with van der Waals surface area (Å²) in [5, 5.41) is 19.5. The summed E-state index contributed by atoms with van der Waals surface area (Å²) in [4.78, 5) is 7.06. The van der Waals surface area contributed by atoms with Crippen LogP contribution >= 0.6 is 0 Å². The van der Waals surface area contributed by atoms with Crippen molar-refractivity contribution < 1.29 is 0 Å². The minimum Gasteiger partial charge on any atom is -0.382 e. The van der Waals surface area contributed by atoms with Crippen LogP contribution in [-0.4, -0.2) is 21.5 Å². The number of hydrazone groups is 1. The maximum absolute atomic E-state index is 8.68. The zero-order valence-electron chi connectivity index (χ0n) is 8.73. The number of hydrogen-bond donors (Lipinski definition) is 4. The summed E-state index contributed by atoms with van der Waals surface area (Å²) in [6, 6.07) is 7.18. The van der Waals surface area contributed by atoms with Crippen molar-refractivity contribution >= 4 is 28.3 Å². The Morgan fingerprint density at radius 2 is 2.41 bits per heavy atom. The van der Waals surface area contributed by atoms with Crippen molar-refractivity contribution in [3.8, 4) is 6.07 Å². The summed E-state index contributed by atoms with van der Waals surface area (Å²) >= 11 is 0. The predicted octanol–water partition coefficient (Wildman–Crippen LogP) is 0.790. The van der Waals surface area contributed by atoms with E-state index < -0.39 is 0 Å². The minimum absolute atomic E-state index is 0.169. The predicted molar refractivity (Wildman–Crippen MR) is 64.7 cm³/mol. The summed E-state index contributed by atoms with van der Waals surface area (Å²) in [5.41, 5.74) is 9.87. The molecule has 7 heteroatoms. The van der Waals surface area contributed by atoms with Crippen LogP contribution in [0.5, 0.6) is 0 Å². The number of amidine groups is 1. The van der Waals surface area contributed by atoms with Crippen molar-refractivity contribution in [3.05, 3.63) is 24.5 Å². The summed E-state index contributed by atoms with van der Waals surface area (Å²) in [6.07, 6.45) is 1.57. The Morgan fingerprint density at radius 1 is 1.59 bits per heavy atom. The molecule has 0 saturated heterocycles. The molecule has 0 aliphatic rings. The molecule has 1 aromatic heterocycles. The van der Waals surface area contributed by atoms with Gasteiger partial charge in [-0.2, -0.15) is 10.4 Å². The van der Waals surface area contributed by atoms with E-state index in [1.54, 1.807) is 18.5 Å². The molecule has 5 N–H and O–H groups in total. The molecule has 0 saturated carbocycles. The quantitative estimate of drug-likeness (QED) is 0.351. The van der Waals surface area contributed by atoms with Crippen molar-refractivity contribution in [1.29, 1.82) is 10.7 Å². The maximum atomic E-state index is 8.68. The summed E-state index contributed by atoms with van der Waals surface area (Å²) < 4.78 is 0. The molecule has 0 unspecified atom stereocenters. The number of nitrogens with zero attached hydrogens (tertiary/aromatic N) is 3. The Balaban J connectivity index is 2.34. The Labute approximate surface area is 96.5 Å². The third-order valence-electron chi connectivity index (χ3n) is 2.10. The fourth-order valence-corrected chi connectivity index (χ4v) is 1.32. The van der Waals surface area contributed by atoms with Crippen LogP contribution in [0, 0.1) is 16.7 Å². The van der Waals surface area contributed by atoms with Gasteiger partial charge < -0.3 is 10.7 Å². The zero-order valence-corrected chi connectivity index (χ0v) is 8.73. The van der Waals surface area contributed by atoms with Gasteiger partial charge in [0.15, 0.2) is 5.84 Å². The largest absolute Gasteiger partial charge is 0.382 e. The number of hydrogen-bond acceptors (Lipinski definition) is 5. The number of fused-ring (bicyclic) bond motifs is 1. The molecule has 7 nitrogen and oxygen atoms in total. The van der Waals surface area contributed by atoms with Crippen LogP contribution in [-0.2, 0) is 0 Å². The molecule has 2 rings (SSSR count). The van der Waals surface area contributed by atoms with Crippen molar-refractivity contribution in [2.75, 3.05) is 5.43 Å². The van der Waals surface area contributed by atoms with Gasteiger partial charge in [0.1, 0.15) is 11.6 Å². The van der Waals surface area contributed by atoms with Crippen LogP contribution in [0.3, 0.4) is 0 Å². The van der Waals surface area contributed by atoms with E-state index in [9.17, 15) is 0 Å². The molecule has 0 fully saturated rings. The number of para-hydroxylation sites is 1. The summed E-state index contributed by atoms with van der Waals surface area (Å²) in [6.45, 7) is 0. The summed E-state index contributed by atoms with van der Waals surface area (Å²) in [7, 11) is 0. The maximum Gasteiger partial charge on any atom is 0.201 e. The SMILES string of the molecule is N#C/C(=N\Nc1cccc2[nH]cnc12)C(=N)N. The van der Waals surface area contributed by atoms with Gasteiger partial charge in [0.05, 0.1) is 17.5 Å². The number of nitrogens with one attached hydrogen (secondary N) is 3. The van der Waals surface area contributed by atoms with Crippen LogP contribution < -0.4 is 11.2 Å². The van der Waals surface area contributed by atoms with Gasteiger partial charge in [0, 0.05) is 0 Å². The first kappa shape index (κ1) is 10.6. The molecule has 0 spiro atoms. The van der Waals surface area contributed by atoms with Crippen molar-refractivity contribution in [2.24, 2.45) is 10.8 Å². The second-order valence-corrected chi connectivity index (χ2v) is 3.20. The second kappa shape index (κ2) is 4.32. The van der Waals surface area contributed by atoms with Gasteiger partial charge in [0.2, 0.25) is 5.71 Å². The Kier molecular flexibility index (Phi) is 2.70. The van der Waals surface area contributed by atoms with Gasteiger partial charge in [-0.3, -0.25) is 10.8 Å². The zero-order chi connectivity index (χ0) is 12.3. The van der Waals surface area contributed by atoms with Crippen molar-refractivity contribution in [2.45, 2.75) is 0 Å². The Hall–Kier alpha value is -2.88. The highest BCUT2D eigenvalue weighted by molar-refractivity contribution is 6.45. The van der Waals surface area contributed by atoms with E-state index in [0.717, 1.165) is 5.52 Å². The molecule has 0 aliphatic heterocycles. The van der Waals surface area contributed by atoms with Crippen LogP contribution in [0.25, 0.3) is 11.0 Å². The first-order valence-electron chi connectivity index (χ1n) is 4.72. The lowest BCUT2D eigenvalue weighted by atomic mass is 10.3. The average Bonchev–Trinajstić information content (AvgIpc) is 2.78. The van der Waals surface area contributed by atoms with E-state index in [4.69, 9.17) is 16.4 Å². The molecule has 0 bridgehead atoms. The van der Waals surface area contributed by atoms with E-state index in [0.29, 0.717) is 11.2 Å². The van der Waals surface area contributed by atoms with E-state index in [1.165, 1.54) is 0 Å². The number of nitriles is 1. The first-order valence-corrected chi connectivity index (χ1v) is 4.72. The Morgan fingerprint density at radius 3 is 3.12 bits per heavy atom. The molecule has 17 heavy (non-hydrogen) atoms. The molecule has 2 aromatic rings. The standard InChI is InChI=1S/C10H9N7/c11-4-8(10(12)13)17-16-7-3-1-2-6-9(7)15-5-14-6/h1-3,5,16H,(H3,12,13)(H,14,15)/b17-8+. The van der Waals surface area contributed by atoms with Crippen LogP contribution in [0.1, 0.15) is 0 Å². The molecule has 0 aliphatic carbocycles. The molecule has 0 amide bonds. The van der Waals surface area contributed by atoms with Crippen molar-refractivity contribution in [3.63, 3.8) is 0 Å². The van der Waals surface area contributed by atoms with Gasteiger partial charge >= 0.3 is 0 Å². The van der Waals surface area contributed by atoms with E-state index in [-0.39, 0.29) is 11.5 Å². The molecule has 1 heterocycles. The lowest BCUT2D eigenvalue weighted by Crippen LogP contribution is -2.21. The van der Waals surface area contributed by atoms with Crippen molar-refractivity contribution in [1.82, 2.24) is 9.97 Å². The molecular weight excluding hydrogens is 218 g/mol. The molecule has 0 atom stereocenters. The number of aromatic amines is 1. The number of rotatable bonds is 3. The van der Waals surface area contributed by atoms with Gasteiger partial charge in [-0.15, -0.1) is 0 Å².